The Labute approximate surface area is 118 Å². The highest BCUT2D eigenvalue weighted by atomic mass is 79.9. The summed E-state index contributed by atoms with van der Waals surface area (Å²) in [6.45, 7) is 2.26. The van der Waals surface area contributed by atoms with Crippen LogP contribution in [0.15, 0.2) is 27.1 Å². The topological polar surface area (TPSA) is 12.9 Å². The van der Waals surface area contributed by atoms with Gasteiger partial charge in [-0.1, -0.05) is 22.9 Å². The predicted octanol–water partition coefficient (Wildman–Crippen LogP) is 5.20. The molecule has 1 nitrogen and oxygen atoms in total. The van der Waals surface area contributed by atoms with Crippen molar-refractivity contribution in [1.82, 2.24) is 4.98 Å². The van der Waals surface area contributed by atoms with Gasteiger partial charge in [0, 0.05) is 20.0 Å². The third kappa shape index (κ3) is 1.93. The highest BCUT2D eigenvalue weighted by molar-refractivity contribution is 9.11. The van der Waals surface area contributed by atoms with Crippen LogP contribution in [0.25, 0.3) is 10.9 Å². The van der Waals surface area contributed by atoms with E-state index in [1.54, 1.807) is 0 Å². The maximum absolute atomic E-state index is 4.83. The van der Waals surface area contributed by atoms with E-state index in [9.17, 15) is 0 Å². The Morgan fingerprint density at radius 1 is 1.29 bits per heavy atom. The summed E-state index contributed by atoms with van der Waals surface area (Å²) in [5, 5.41) is 1.23. The molecule has 1 aromatic heterocycles. The second kappa shape index (κ2) is 4.36. The summed E-state index contributed by atoms with van der Waals surface area (Å²) in [6, 6.07) is 6.54. The van der Waals surface area contributed by atoms with Crippen LogP contribution in [0.5, 0.6) is 0 Å². The zero-order chi connectivity index (χ0) is 12.0. The third-order valence-electron chi connectivity index (χ3n) is 3.61. The second-order valence-corrected chi connectivity index (χ2v) is 6.40. The molecule has 0 radical (unpaired) electrons. The summed E-state index contributed by atoms with van der Waals surface area (Å²) in [7, 11) is 0. The molecule has 0 aliphatic heterocycles. The van der Waals surface area contributed by atoms with E-state index in [0.717, 1.165) is 20.9 Å². The van der Waals surface area contributed by atoms with Crippen molar-refractivity contribution < 1.29 is 0 Å². The SMILES string of the molecule is CCC1CCc2nc3c(Br)cc(Br)cc3cc21. The van der Waals surface area contributed by atoms with Gasteiger partial charge in [-0.15, -0.1) is 0 Å². The molecular weight excluding hydrogens is 342 g/mol. The van der Waals surface area contributed by atoms with Gasteiger partial charge in [-0.05, 0) is 64.9 Å². The van der Waals surface area contributed by atoms with Gasteiger partial charge in [0.05, 0.1) is 5.52 Å². The maximum atomic E-state index is 4.83. The molecule has 0 spiro atoms. The van der Waals surface area contributed by atoms with Crippen LogP contribution in [-0.2, 0) is 6.42 Å². The van der Waals surface area contributed by atoms with E-state index in [1.165, 1.54) is 29.5 Å². The van der Waals surface area contributed by atoms with Crippen molar-refractivity contribution in [3.63, 3.8) is 0 Å². The van der Waals surface area contributed by atoms with Crippen molar-refractivity contribution in [2.24, 2.45) is 0 Å². The molecule has 1 aliphatic carbocycles. The first-order chi connectivity index (χ1) is 8.19. The molecule has 0 saturated carbocycles. The third-order valence-corrected chi connectivity index (χ3v) is 4.67. The fraction of sp³-hybridized carbons (Fsp3) is 0.357. The minimum atomic E-state index is 0.708. The summed E-state index contributed by atoms with van der Waals surface area (Å²) >= 11 is 7.13. The minimum Gasteiger partial charge on any atom is -0.251 e. The Morgan fingerprint density at radius 3 is 2.88 bits per heavy atom. The van der Waals surface area contributed by atoms with E-state index in [0.29, 0.717) is 5.92 Å². The highest BCUT2D eigenvalue weighted by Crippen LogP contribution is 2.38. The highest BCUT2D eigenvalue weighted by Gasteiger charge is 2.23. The van der Waals surface area contributed by atoms with Gasteiger partial charge in [0.1, 0.15) is 0 Å². The van der Waals surface area contributed by atoms with Crippen molar-refractivity contribution in [3.05, 3.63) is 38.4 Å². The van der Waals surface area contributed by atoms with Gasteiger partial charge in [0.2, 0.25) is 0 Å². The Hall–Kier alpha value is -0.410. The Bertz CT molecular complexity index is 592. The number of aromatic nitrogens is 1. The largest absolute Gasteiger partial charge is 0.251 e. The van der Waals surface area contributed by atoms with E-state index in [4.69, 9.17) is 4.98 Å². The van der Waals surface area contributed by atoms with Crippen LogP contribution >= 0.6 is 31.9 Å². The van der Waals surface area contributed by atoms with E-state index in [1.807, 2.05) is 0 Å². The molecule has 0 bridgehead atoms. The summed E-state index contributed by atoms with van der Waals surface area (Å²) in [5.41, 5.74) is 3.85. The van der Waals surface area contributed by atoms with Gasteiger partial charge in [-0.2, -0.15) is 0 Å². The van der Waals surface area contributed by atoms with Crippen LogP contribution in [0.2, 0.25) is 0 Å². The number of hydrogen-bond acceptors (Lipinski definition) is 1. The van der Waals surface area contributed by atoms with Crippen molar-refractivity contribution in [1.29, 1.82) is 0 Å². The summed E-state index contributed by atoms with van der Waals surface area (Å²) < 4.78 is 2.18. The molecule has 3 rings (SSSR count). The van der Waals surface area contributed by atoms with E-state index < -0.39 is 0 Å². The van der Waals surface area contributed by atoms with E-state index in [2.05, 4.69) is 57.0 Å². The lowest BCUT2D eigenvalue weighted by Crippen LogP contribution is -1.94. The zero-order valence-electron chi connectivity index (χ0n) is 9.63. The van der Waals surface area contributed by atoms with Gasteiger partial charge in [0.15, 0.2) is 0 Å². The average molecular weight is 355 g/mol. The summed E-state index contributed by atoms with van der Waals surface area (Å²) in [6.07, 6.45) is 3.61. The quantitative estimate of drug-likeness (QED) is 0.685. The van der Waals surface area contributed by atoms with Gasteiger partial charge < -0.3 is 0 Å². The first kappa shape index (κ1) is 11.7. The van der Waals surface area contributed by atoms with Gasteiger partial charge >= 0.3 is 0 Å². The lowest BCUT2D eigenvalue weighted by molar-refractivity contribution is 0.656. The van der Waals surface area contributed by atoms with Crippen LogP contribution in [0.3, 0.4) is 0 Å². The number of hydrogen-bond donors (Lipinski definition) is 0. The molecule has 1 aliphatic rings. The number of halogens is 2. The molecule has 1 heterocycles. The fourth-order valence-electron chi connectivity index (χ4n) is 2.71. The maximum Gasteiger partial charge on any atom is 0.0848 e. The number of rotatable bonds is 1. The smallest absolute Gasteiger partial charge is 0.0848 e. The number of benzene rings is 1. The van der Waals surface area contributed by atoms with Gasteiger partial charge in [0.25, 0.3) is 0 Å². The first-order valence-electron chi connectivity index (χ1n) is 5.97. The number of aryl methyl sites for hydroxylation is 1. The van der Waals surface area contributed by atoms with Gasteiger partial charge in [-0.25, -0.2) is 0 Å². The van der Waals surface area contributed by atoms with Crippen LogP contribution in [0, 0.1) is 0 Å². The Balaban J connectivity index is 2.28. The normalized spacial score (nSPS) is 18.6. The summed E-state index contributed by atoms with van der Waals surface area (Å²) in [4.78, 5) is 4.83. The predicted molar refractivity (Wildman–Crippen MR) is 78.5 cm³/mol. The van der Waals surface area contributed by atoms with Crippen LogP contribution in [0.1, 0.15) is 36.9 Å². The molecule has 0 amide bonds. The second-order valence-electron chi connectivity index (χ2n) is 4.63. The molecule has 88 valence electrons. The molecule has 1 atom stereocenters. The lowest BCUT2D eigenvalue weighted by atomic mass is 9.99. The standard InChI is InChI=1S/C14H13Br2N/c1-2-8-3-4-13-11(8)6-9-5-10(15)7-12(16)14(9)17-13/h5-8H,2-4H2,1H3. The van der Waals surface area contributed by atoms with Crippen molar-refractivity contribution in [2.75, 3.05) is 0 Å². The van der Waals surface area contributed by atoms with Crippen molar-refractivity contribution in [2.45, 2.75) is 32.1 Å². The fourth-order valence-corrected chi connectivity index (χ4v) is 4.06. The van der Waals surface area contributed by atoms with Crippen molar-refractivity contribution in [3.8, 4) is 0 Å². The van der Waals surface area contributed by atoms with E-state index >= 15 is 0 Å². The number of pyridine rings is 1. The number of nitrogens with zero attached hydrogens (tertiary/aromatic N) is 1. The van der Waals surface area contributed by atoms with E-state index in [-0.39, 0.29) is 0 Å². The molecule has 0 saturated heterocycles. The summed E-state index contributed by atoms with van der Waals surface area (Å²) in [5.74, 6) is 0.708. The molecule has 3 heteroatoms. The Kier molecular flexibility index (Phi) is 2.99. The lowest BCUT2D eigenvalue weighted by Gasteiger charge is -2.10. The monoisotopic (exact) mass is 353 g/mol. The molecule has 0 fully saturated rings. The zero-order valence-corrected chi connectivity index (χ0v) is 12.8. The molecule has 0 N–H and O–H groups in total. The molecule has 2 aromatic rings. The van der Waals surface area contributed by atoms with Crippen LogP contribution in [0.4, 0.5) is 0 Å². The number of fused-ring (bicyclic) bond motifs is 2. The van der Waals surface area contributed by atoms with Crippen LogP contribution < -0.4 is 0 Å². The molecular formula is C14H13Br2N. The average Bonchev–Trinajstić information content (AvgIpc) is 2.68. The van der Waals surface area contributed by atoms with Gasteiger partial charge in [-0.3, -0.25) is 4.98 Å². The van der Waals surface area contributed by atoms with Crippen LogP contribution in [-0.4, -0.2) is 4.98 Å². The first-order valence-corrected chi connectivity index (χ1v) is 7.56. The molecule has 1 unspecified atom stereocenters. The Morgan fingerprint density at radius 2 is 2.12 bits per heavy atom. The minimum absolute atomic E-state index is 0.708. The van der Waals surface area contributed by atoms with Crippen molar-refractivity contribution >= 4 is 42.8 Å². The molecule has 17 heavy (non-hydrogen) atoms. The molecule has 1 aromatic carbocycles.